The van der Waals surface area contributed by atoms with E-state index in [1.54, 1.807) is 0 Å². The van der Waals surface area contributed by atoms with Gasteiger partial charge in [-0.3, -0.25) is 4.79 Å². The molecule has 0 radical (unpaired) electrons. The number of allylic oxidation sites excluding steroid dienone is 2. The van der Waals surface area contributed by atoms with Crippen LogP contribution in [0, 0.1) is 0 Å². The van der Waals surface area contributed by atoms with Crippen LogP contribution in [0.3, 0.4) is 0 Å². The summed E-state index contributed by atoms with van der Waals surface area (Å²) in [4.78, 5) is 13.0. The van der Waals surface area contributed by atoms with Gasteiger partial charge in [0.25, 0.3) is 0 Å². The van der Waals surface area contributed by atoms with Gasteiger partial charge in [0.05, 0.1) is 25.4 Å². The Balaban J connectivity index is 2.41. The topological polar surface area (TPSA) is 169 Å². The van der Waals surface area contributed by atoms with Crippen molar-refractivity contribution in [3.05, 3.63) is 12.2 Å². The van der Waals surface area contributed by atoms with Crippen molar-refractivity contribution < 1.29 is 44.9 Å². The molecule has 0 aromatic heterocycles. The number of nitrogens with one attached hydrogen (secondary N) is 1. The molecular weight excluding hydrogens is 686 g/mol. The van der Waals surface area contributed by atoms with Gasteiger partial charge in [-0.25, -0.2) is 0 Å². The van der Waals surface area contributed by atoms with Crippen LogP contribution in [-0.4, -0.2) is 98.7 Å². The minimum Gasteiger partial charge on any atom is -0.394 e. The highest BCUT2D eigenvalue weighted by Crippen LogP contribution is 2.23. The van der Waals surface area contributed by atoms with Crippen molar-refractivity contribution >= 4 is 5.91 Å². The molecule has 0 aromatic carbocycles. The Labute approximate surface area is 329 Å². The van der Waals surface area contributed by atoms with Gasteiger partial charge in [0.1, 0.15) is 30.5 Å². The zero-order chi connectivity index (χ0) is 39.7. The SMILES string of the molecule is CCCCCCCCC/C=C\CCCC[C@@H](O)[C@H](CO[C@@H]1O[C@H](CO)[C@@H](O)[C@H](O)[C@H]1O)NC(=O)[C@H](O)CCCCCCCCCCCCCCCCCC. The van der Waals surface area contributed by atoms with Gasteiger partial charge in [-0.1, -0.05) is 174 Å². The number of amides is 1. The summed E-state index contributed by atoms with van der Waals surface area (Å²) >= 11 is 0. The summed E-state index contributed by atoms with van der Waals surface area (Å²) in [5, 5.41) is 64.7. The fourth-order valence-electron chi connectivity index (χ4n) is 7.22. The summed E-state index contributed by atoms with van der Waals surface area (Å²) in [5.41, 5.74) is 0. The molecule has 54 heavy (non-hydrogen) atoms. The predicted molar refractivity (Wildman–Crippen MR) is 218 cm³/mol. The van der Waals surface area contributed by atoms with Crippen LogP contribution >= 0.6 is 0 Å². The third-order valence-corrected chi connectivity index (χ3v) is 11.0. The molecule has 0 spiro atoms. The summed E-state index contributed by atoms with van der Waals surface area (Å²) in [6, 6.07) is -0.904. The second-order valence-electron chi connectivity index (χ2n) is 16.0. The molecule has 10 heteroatoms. The maximum Gasteiger partial charge on any atom is 0.249 e. The fourth-order valence-corrected chi connectivity index (χ4v) is 7.22. The molecule has 0 saturated carbocycles. The lowest BCUT2D eigenvalue weighted by atomic mass is 9.99. The minimum atomic E-state index is -1.60. The Kier molecular flexibility index (Phi) is 33.1. The highest BCUT2D eigenvalue weighted by atomic mass is 16.7. The van der Waals surface area contributed by atoms with E-state index in [1.807, 2.05) is 0 Å². The molecule has 10 nitrogen and oxygen atoms in total. The van der Waals surface area contributed by atoms with E-state index in [9.17, 15) is 35.4 Å². The summed E-state index contributed by atoms with van der Waals surface area (Å²) < 4.78 is 11.2. The number of unbranched alkanes of at least 4 members (excludes halogenated alkanes) is 24. The van der Waals surface area contributed by atoms with Gasteiger partial charge in [-0.2, -0.15) is 0 Å². The number of hydrogen-bond donors (Lipinski definition) is 7. The van der Waals surface area contributed by atoms with Crippen molar-refractivity contribution in [2.75, 3.05) is 13.2 Å². The molecule has 1 amide bonds. The minimum absolute atomic E-state index is 0.264. The predicted octanol–water partition coefficient (Wildman–Crippen LogP) is 7.92. The third-order valence-electron chi connectivity index (χ3n) is 11.0. The molecule has 0 aliphatic carbocycles. The van der Waals surface area contributed by atoms with E-state index in [4.69, 9.17) is 9.47 Å². The van der Waals surface area contributed by atoms with Crippen molar-refractivity contribution in [2.45, 2.75) is 249 Å². The Hall–Kier alpha value is -1.11. The summed E-state index contributed by atoms with van der Waals surface area (Å²) in [7, 11) is 0. The number of hydrogen-bond acceptors (Lipinski definition) is 9. The van der Waals surface area contributed by atoms with Gasteiger partial charge in [-0.15, -0.1) is 0 Å². The molecule has 1 aliphatic heterocycles. The molecule has 8 atom stereocenters. The highest BCUT2D eigenvalue weighted by molar-refractivity contribution is 5.80. The first-order valence-corrected chi connectivity index (χ1v) is 22.5. The monoisotopic (exact) mass is 772 g/mol. The van der Waals surface area contributed by atoms with Crippen LogP contribution < -0.4 is 5.32 Å². The first kappa shape index (κ1) is 50.9. The van der Waals surface area contributed by atoms with E-state index >= 15 is 0 Å². The molecule has 1 aliphatic rings. The second kappa shape index (κ2) is 35.1. The van der Waals surface area contributed by atoms with Gasteiger partial charge in [0.15, 0.2) is 6.29 Å². The molecular formula is C44H85NO9. The average molecular weight is 772 g/mol. The van der Waals surface area contributed by atoms with Crippen LogP contribution in [0.1, 0.15) is 200 Å². The number of ether oxygens (including phenoxy) is 2. The number of rotatable bonds is 37. The fraction of sp³-hybridized carbons (Fsp3) is 0.932. The molecule has 320 valence electrons. The van der Waals surface area contributed by atoms with E-state index in [1.165, 1.54) is 122 Å². The first-order chi connectivity index (χ1) is 26.3. The lowest BCUT2D eigenvalue weighted by Gasteiger charge is -2.40. The molecule has 1 rings (SSSR count). The van der Waals surface area contributed by atoms with E-state index in [0.717, 1.165) is 51.4 Å². The van der Waals surface area contributed by atoms with E-state index in [0.29, 0.717) is 12.8 Å². The third kappa shape index (κ3) is 25.2. The summed E-state index contributed by atoms with van der Waals surface area (Å²) in [6.07, 6.45) is 28.3. The van der Waals surface area contributed by atoms with Crippen molar-refractivity contribution in [3.8, 4) is 0 Å². The van der Waals surface area contributed by atoms with E-state index in [-0.39, 0.29) is 6.61 Å². The normalized spacial score (nSPS) is 22.1. The molecule has 1 heterocycles. The van der Waals surface area contributed by atoms with Crippen molar-refractivity contribution in [1.82, 2.24) is 5.32 Å². The largest absolute Gasteiger partial charge is 0.394 e. The van der Waals surface area contributed by atoms with Crippen molar-refractivity contribution in [3.63, 3.8) is 0 Å². The molecule has 0 unspecified atom stereocenters. The Morgan fingerprint density at radius 3 is 1.52 bits per heavy atom. The van der Waals surface area contributed by atoms with Crippen molar-refractivity contribution in [2.24, 2.45) is 0 Å². The molecule has 0 bridgehead atoms. The smallest absolute Gasteiger partial charge is 0.249 e. The maximum atomic E-state index is 13.0. The summed E-state index contributed by atoms with van der Waals surface area (Å²) in [5.74, 6) is -0.592. The van der Waals surface area contributed by atoms with Crippen LogP contribution in [-0.2, 0) is 14.3 Å². The first-order valence-electron chi connectivity index (χ1n) is 22.5. The number of carbonyl (C=O) groups is 1. The number of carbonyl (C=O) groups excluding carboxylic acids is 1. The van der Waals surface area contributed by atoms with Gasteiger partial charge in [0, 0.05) is 0 Å². The quantitative estimate of drug-likeness (QED) is 0.0245. The van der Waals surface area contributed by atoms with Gasteiger partial charge in [-0.05, 0) is 38.5 Å². The van der Waals surface area contributed by atoms with Crippen molar-refractivity contribution in [1.29, 1.82) is 0 Å². The molecule has 1 saturated heterocycles. The number of aliphatic hydroxyl groups is 6. The molecule has 1 fully saturated rings. The summed E-state index contributed by atoms with van der Waals surface area (Å²) in [6.45, 7) is 3.64. The Morgan fingerprint density at radius 2 is 1.04 bits per heavy atom. The Bertz CT molecular complexity index is 875. The zero-order valence-electron chi connectivity index (χ0n) is 34.6. The van der Waals surface area contributed by atoms with Gasteiger partial charge in [0.2, 0.25) is 5.91 Å². The van der Waals surface area contributed by atoms with Crippen LogP contribution in [0.25, 0.3) is 0 Å². The second-order valence-corrected chi connectivity index (χ2v) is 16.0. The van der Waals surface area contributed by atoms with Gasteiger partial charge >= 0.3 is 0 Å². The van der Waals surface area contributed by atoms with Crippen LogP contribution in [0.2, 0.25) is 0 Å². The van der Waals surface area contributed by atoms with Crippen LogP contribution in [0.4, 0.5) is 0 Å². The average Bonchev–Trinajstić information content (AvgIpc) is 3.17. The highest BCUT2D eigenvalue weighted by Gasteiger charge is 2.44. The number of aliphatic hydroxyl groups excluding tert-OH is 6. The maximum absolute atomic E-state index is 13.0. The van der Waals surface area contributed by atoms with Gasteiger partial charge < -0.3 is 45.4 Å². The lowest BCUT2D eigenvalue weighted by Crippen LogP contribution is -2.60. The van der Waals surface area contributed by atoms with Crippen LogP contribution in [0.5, 0.6) is 0 Å². The van der Waals surface area contributed by atoms with E-state index < -0.39 is 61.5 Å². The molecule has 0 aromatic rings. The van der Waals surface area contributed by atoms with Crippen LogP contribution in [0.15, 0.2) is 12.2 Å². The van der Waals surface area contributed by atoms with E-state index in [2.05, 4.69) is 31.3 Å². The lowest BCUT2D eigenvalue weighted by molar-refractivity contribution is -0.302. The molecule has 7 N–H and O–H groups in total. The zero-order valence-corrected chi connectivity index (χ0v) is 34.6. The standard InChI is InChI=1S/C44H85NO9/c1-3-5-7-9-11-13-15-17-18-19-21-23-25-27-29-31-33-38(48)43(52)45-36(35-53-44-42(51)41(50)40(49)39(34-46)54-44)37(47)32-30-28-26-24-22-20-16-14-12-10-8-6-4-2/h22,24,36-42,44,46-51H,3-21,23,25-35H2,1-2H3,(H,45,52)/b24-22-/t36-,37+,38+,39+,40+,41-,42+,44+/m0/s1. The Morgan fingerprint density at radius 1 is 0.611 bits per heavy atom.